The highest BCUT2D eigenvalue weighted by atomic mass is 32.2. The smallest absolute Gasteiger partial charge is 0.256 e. The fourth-order valence-electron chi connectivity index (χ4n) is 4.26. The first-order valence-corrected chi connectivity index (χ1v) is 12.6. The van der Waals surface area contributed by atoms with Gasteiger partial charge in [0.1, 0.15) is 0 Å². The molecular formula is C23H29N5O5S. The van der Waals surface area contributed by atoms with Crippen LogP contribution in [-0.2, 0) is 30.8 Å². The zero-order valence-electron chi connectivity index (χ0n) is 19.2. The van der Waals surface area contributed by atoms with Crippen molar-refractivity contribution in [1.29, 1.82) is 0 Å². The molecule has 1 aromatic heterocycles. The van der Waals surface area contributed by atoms with Gasteiger partial charge in [0.25, 0.3) is 5.91 Å². The molecule has 0 atom stereocenters. The number of H-pyrrole nitrogens is 1. The highest BCUT2D eigenvalue weighted by molar-refractivity contribution is 7.89. The van der Waals surface area contributed by atoms with Crippen LogP contribution >= 0.6 is 0 Å². The van der Waals surface area contributed by atoms with Crippen LogP contribution in [0.5, 0.6) is 0 Å². The molecule has 182 valence electrons. The van der Waals surface area contributed by atoms with E-state index in [0.717, 1.165) is 49.7 Å². The number of aromatic amines is 1. The fourth-order valence-corrected chi connectivity index (χ4v) is 4.80. The lowest BCUT2D eigenvalue weighted by Crippen LogP contribution is -2.41. The summed E-state index contributed by atoms with van der Waals surface area (Å²) in [6.07, 6.45) is 1.90. The number of aryl methyl sites for hydroxylation is 1. The lowest BCUT2D eigenvalue weighted by atomic mass is 10.0. The normalized spacial score (nSPS) is 17.6. The van der Waals surface area contributed by atoms with E-state index >= 15 is 0 Å². The molecule has 3 heterocycles. The van der Waals surface area contributed by atoms with Crippen molar-refractivity contribution in [3.63, 3.8) is 0 Å². The molecule has 11 heteroatoms. The molecule has 4 rings (SSSR count). The predicted molar refractivity (Wildman–Crippen MR) is 129 cm³/mol. The van der Waals surface area contributed by atoms with Crippen LogP contribution in [0.1, 0.15) is 28.1 Å². The van der Waals surface area contributed by atoms with Crippen LogP contribution in [0.2, 0.25) is 0 Å². The van der Waals surface area contributed by atoms with Crippen molar-refractivity contribution in [2.24, 2.45) is 5.14 Å². The van der Waals surface area contributed by atoms with Crippen LogP contribution in [0, 0.1) is 13.8 Å². The monoisotopic (exact) mass is 487 g/mol. The number of nitrogens with one attached hydrogen (secondary N) is 3. The van der Waals surface area contributed by atoms with Gasteiger partial charge >= 0.3 is 0 Å². The number of amides is 2. The molecule has 1 aromatic carbocycles. The van der Waals surface area contributed by atoms with Crippen LogP contribution < -0.4 is 15.8 Å². The topological polar surface area (TPSA) is 147 Å². The van der Waals surface area contributed by atoms with Gasteiger partial charge in [0, 0.05) is 48.8 Å². The maximum absolute atomic E-state index is 12.6. The number of nitrogens with zero attached hydrogens (tertiary/aromatic N) is 1. The Morgan fingerprint density at radius 2 is 2.00 bits per heavy atom. The van der Waals surface area contributed by atoms with Gasteiger partial charge in [-0.15, -0.1) is 0 Å². The Kier molecular flexibility index (Phi) is 6.89. The van der Waals surface area contributed by atoms with Crippen molar-refractivity contribution in [3.05, 3.63) is 46.3 Å². The minimum atomic E-state index is -3.91. The number of carbonyl (C=O) groups is 2. The van der Waals surface area contributed by atoms with Crippen molar-refractivity contribution in [3.8, 4) is 0 Å². The Morgan fingerprint density at radius 1 is 1.26 bits per heavy atom. The second kappa shape index (κ2) is 9.71. The maximum Gasteiger partial charge on any atom is 0.256 e. The molecule has 0 saturated carbocycles. The summed E-state index contributed by atoms with van der Waals surface area (Å²) in [5.74, 6) is -0.407. The maximum atomic E-state index is 12.6. The van der Waals surface area contributed by atoms with Gasteiger partial charge in [-0.2, -0.15) is 0 Å². The van der Waals surface area contributed by atoms with Crippen molar-refractivity contribution in [1.82, 2.24) is 15.2 Å². The van der Waals surface area contributed by atoms with Crippen LogP contribution in [0.3, 0.4) is 0 Å². The minimum Gasteiger partial charge on any atom is -0.379 e. The molecule has 2 aromatic rings. The van der Waals surface area contributed by atoms with E-state index in [0.29, 0.717) is 29.1 Å². The lowest BCUT2D eigenvalue weighted by Gasteiger charge is -2.26. The molecule has 10 nitrogen and oxygen atoms in total. The summed E-state index contributed by atoms with van der Waals surface area (Å²) in [5, 5.41) is 11.0. The number of rotatable bonds is 7. The average Bonchev–Trinajstić information content (AvgIpc) is 3.24. The minimum absolute atomic E-state index is 0.0672. The Hall–Kier alpha value is -2.99. The van der Waals surface area contributed by atoms with Crippen LogP contribution in [0.15, 0.2) is 23.1 Å². The largest absolute Gasteiger partial charge is 0.379 e. The average molecular weight is 488 g/mol. The number of hydrogen-bond donors (Lipinski definition) is 4. The third-order valence-corrected chi connectivity index (χ3v) is 7.12. The molecule has 0 bridgehead atoms. The van der Waals surface area contributed by atoms with Gasteiger partial charge in [-0.1, -0.05) is 0 Å². The number of anilines is 1. The number of ether oxygens (including phenoxy) is 1. The Labute approximate surface area is 198 Å². The summed E-state index contributed by atoms with van der Waals surface area (Å²) in [7, 11) is -3.91. The van der Waals surface area contributed by atoms with Gasteiger partial charge in [0.15, 0.2) is 0 Å². The van der Waals surface area contributed by atoms with E-state index < -0.39 is 10.0 Å². The quantitative estimate of drug-likeness (QED) is 0.424. The second-order valence-corrected chi connectivity index (χ2v) is 10.1. The molecule has 2 aliphatic heterocycles. The number of fused-ring (bicyclic) bond motifs is 1. The first-order chi connectivity index (χ1) is 16.1. The molecule has 0 unspecified atom stereocenters. The zero-order valence-corrected chi connectivity index (χ0v) is 20.0. The van der Waals surface area contributed by atoms with Gasteiger partial charge in [0.05, 0.1) is 30.1 Å². The summed E-state index contributed by atoms with van der Waals surface area (Å²) < 4.78 is 28.8. The summed E-state index contributed by atoms with van der Waals surface area (Å²) in [4.78, 5) is 30.6. The SMILES string of the molecule is Cc1[nH]c(/C=C2\C(=O)Nc3ccc(S(N)(=O)=O)cc32)c(C)c1CC(=O)NCCN1CCOCC1. The van der Waals surface area contributed by atoms with Gasteiger partial charge in [-0.25, -0.2) is 13.6 Å². The summed E-state index contributed by atoms with van der Waals surface area (Å²) in [6.45, 7) is 8.32. The van der Waals surface area contributed by atoms with Crippen molar-refractivity contribution in [2.75, 3.05) is 44.7 Å². The molecule has 0 radical (unpaired) electrons. The number of carbonyl (C=O) groups excluding carboxylic acids is 2. The number of benzene rings is 1. The molecule has 0 spiro atoms. The van der Waals surface area contributed by atoms with Crippen LogP contribution in [-0.4, -0.2) is 69.5 Å². The van der Waals surface area contributed by atoms with Gasteiger partial charge < -0.3 is 20.4 Å². The first-order valence-electron chi connectivity index (χ1n) is 11.1. The second-order valence-electron chi connectivity index (χ2n) is 8.51. The van der Waals surface area contributed by atoms with E-state index in [-0.39, 0.29) is 23.1 Å². The molecule has 1 saturated heterocycles. The Morgan fingerprint density at radius 3 is 2.71 bits per heavy atom. The third-order valence-electron chi connectivity index (χ3n) is 6.21. The number of morpholine rings is 1. The third kappa shape index (κ3) is 5.22. The molecule has 34 heavy (non-hydrogen) atoms. The Bertz CT molecular complexity index is 1260. The van der Waals surface area contributed by atoms with E-state index in [9.17, 15) is 18.0 Å². The number of primary sulfonamides is 1. The van der Waals surface area contributed by atoms with E-state index in [1.807, 2.05) is 13.8 Å². The lowest BCUT2D eigenvalue weighted by molar-refractivity contribution is -0.120. The molecular weight excluding hydrogens is 458 g/mol. The molecule has 2 amide bonds. The molecule has 2 aliphatic rings. The van der Waals surface area contributed by atoms with Crippen molar-refractivity contribution >= 4 is 39.2 Å². The first kappa shape index (κ1) is 24.1. The van der Waals surface area contributed by atoms with Crippen LogP contribution in [0.4, 0.5) is 5.69 Å². The van der Waals surface area contributed by atoms with E-state index in [2.05, 4.69) is 20.5 Å². The molecule has 1 fully saturated rings. The van der Waals surface area contributed by atoms with E-state index in [1.165, 1.54) is 18.2 Å². The van der Waals surface area contributed by atoms with E-state index in [1.54, 1.807) is 6.08 Å². The predicted octanol–water partition coefficient (Wildman–Crippen LogP) is 0.763. The Balaban J connectivity index is 1.49. The summed E-state index contributed by atoms with van der Waals surface area (Å²) in [6, 6.07) is 4.27. The van der Waals surface area contributed by atoms with E-state index in [4.69, 9.17) is 9.88 Å². The summed E-state index contributed by atoms with van der Waals surface area (Å²) >= 11 is 0. The number of hydrogen-bond acceptors (Lipinski definition) is 6. The molecule has 0 aliphatic carbocycles. The standard InChI is InChI=1S/C23H29N5O5S/c1-14-17(13-22(29)25-5-6-28-7-9-33-10-8-28)15(2)26-21(14)12-19-18-11-16(34(24,31)32)3-4-20(18)27-23(19)30/h3-4,11-12,26H,5-10,13H2,1-2H3,(H,25,29)(H,27,30)(H2,24,31,32)/b19-12-. The van der Waals surface area contributed by atoms with Gasteiger partial charge in [0.2, 0.25) is 15.9 Å². The van der Waals surface area contributed by atoms with Crippen molar-refractivity contribution in [2.45, 2.75) is 25.2 Å². The fraction of sp³-hybridized carbons (Fsp3) is 0.391. The number of nitrogens with two attached hydrogens (primary N) is 1. The highest BCUT2D eigenvalue weighted by Crippen LogP contribution is 2.35. The summed E-state index contributed by atoms with van der Waals surface area (Å²) in [5.41, 5.74) is 4.56. The number of aromatic nitrogens is 1. The van der Waals surface area contributed by atoms with Gasteiger partial charge in [-0.3, -0.25) is 14.5 Å². The number of sulfonamides is 1. The van der Waals surface area contributed by atoms with Crippen LogP contribution in [0.25, 0.3) is 11.6 Å². The molecule has 5 N–H and O–H groups in total. The highest BCUT2D eigenvalue weighted by Gasteiger charge is 2.27. The van der Waals surface area contributed by atoms with Gasteiger partial charge in [-0.05, 0) is 49.2 Å². The van der Waals surface area contributed by atoms with Crippen molar-refractivity contribution < 1.29 is 22.7 Å². The zero-order chi connectivity index (χ0) is 24.5.